The minimum absolute atomic E-state index is 0.0798. The summed E-state index contributed by atoms with van der Waals surface area (Å²) in [6.07, 6.45) is 22.2. The summed E-state index contributed by atoms with van der Waals surface area (Å²) >= 11 is 0. The predicted octanol–water partition coefficient (Wildman–Crippen LogP) is 9.55. The Morgan fingerprint density at radius 3 is 1.97 bits per heavy atom. The molecule has 212 valence electrons. The molecule has 0 amide bonds. The van der Waals surface area contributed by atoms with Crippen molar-refractivity contribution in [2.75, 3.05) is 19.8 Å². The van der Waals surface area contributed by atoms with Crippen molar-refractivity contribution in [2.45, 2.75) is 123 Å². The molecule has 0 saturated carbocycles. The molecule has 0 radical (unpaired) electrons. The van der Waals surface area contributed by atoms with Crippen LogP contribution in [0.2, 0.25) is 0 Å². The van der Waals surface area contributed by atoms with Gasteiger partial charge in [0.1, 0.15) is 5.75 Å². The highest BCUT2D eigenvalue weighted by Crippen LogP contribution is 2.23. The first-order chi connectivity index (χ1) is 18.8. The monoisotopic (exact) mass is 523 g/mol. The van der Waals surface area contributed by atoms with Gasteiger partial charge in [0.05, 0.1) is 25.5 Å². The maximum absolute atomic E-state index is 6.03. The smallest absolute Gasteiger partial charge is 0.157 e. The highest BCUT2D eigenvalue weighted by Gasteiger charge is 2.21. The zero-order valence-electron chi connectivity index (χ0n) is 24.3. The fourth-order valence-corrected chi connectivity index (χ4v) is 5.13. The van der Waals surface area contributed by atoms with Gasteiger partial charge in [-0.05, 0) is 55.2 Å². The number of hydrogen-bond donors (Lipinski definition) is 0. The van der Waals surface area contributed by atoms with Crippen LogP contribution in [-0.2, 0) is 15.9 Å². The van der Waals surface area contributed by atoms with Gasteiger partial charge >= 0.3 is 0 Å². The molecular formula is C34H53NO3. The van der Waals surface area contributed by atoms with Gasteiger partial charge in [-0.15, -0.1) is 0 Å². The molecule has 3 rings (SSSR count). The van der Waals surface area contributed by atoms with E-state index in [1.165, 1.54) is 89.0 Å². The van der Waals surface area contributed by atoms with E-state index in [-0.39, 0.29) is 6.29 Å². The Hall–Kier alpha value is -1.91. The van der Waals surface area contributed by atoms with Gasteiger partial charge in [0.15, 0.2) is 6.29 Å². The zero-order valence-corrected chi connectivity index (χ0v) is 24.3. The van der Waals surface area contributed by atoms with Gasteiger partial charge in [-0.25, -0.2) is 0 Å². The van der Waals surface area contributed by atoms with Crippen LogP contribution >= 0.6 is 0 Å². The largest absolute Gasteiger partial charge is 0.494 e. The minimum atomic E-state index is -0.0798. The Morgan fingerprint density at radius 1 is 0.711 bits per heavy atom. The lowest BCUT2D eigenvalue weighted by Gasteiger charge is -2.29. The van der Waals surface area contributed by atoms with Crippen molar-refractivity contribution in [3.05, 3.63) is 48.2 Å². The molecule has 2 heterocycles. The van der Waals surface area contributed by atoms with Crippen LogP contribution in [0.3, 0.4) is 0 Å². The highest BCUT2D eigenvalue weighted by atomic mass is 16.7. The van der Waals surface area contributed by atoms with E-state index in [9.17, 15) is 0 Å². The molecule has 1 fully saturated rings. The van der Waals surface area contributed by atoms with Gasteiger partial charge in [-0.1, -0.05) is 97.0 Å². The van der Waals surface area contributed by atoms with Crippen molar-refractivity contribution < 1.29 is 14.2 Å². The van der Waals surface area contributed by atoms with Crippen molar-refractivity contribution in [3.8, 4) is 17.0 Å². The molecule has 0 bridgehead atoms. The first-order valence-electron chi connectivity index (χ1n) is 15.7. The first-order valence-corrected chi connectivity index (χ1v) is 15.7. The molecule has 4 nitrogen and oxygen atoms in total. The number of ether oxygens (including phenoxy) is 3. The van der Waals surface area contributed by atoms with Gasteiger partial charge in [0.2, 0.25) is 0 Å². The third kappa shape index (κ3) is 12.3. The molecule has 1 aliphatic heterocycles. The topological polar surface area (TPSA) is 40.6 Å². The summed E-state index contributed by atoms with van der Waals surface area (Å²) in [4.78, 5) is 4.71. The predicted molar refractivity (Wildman–Crippen MR) is 159 cm³/mol. The summed E-state index contributed by atoms with van der Waals surface area (Å²) in [6, 6.07) is 12.6. The molecule has 0 aliphatic carbocycles. The van der Waals surface area contributed by atoms with Gasteiger partial charge in [-0.2, -0.15) is 0 Å². The minimum Gasteiger partial charge on any atom is -0.494 e. The molecule has 1 saturated heterocycles. The van der Waals surface area contributed by atoms with Crippen LogP contribution in [0.4, 0.5) is 0 Å². The fourth-order valence-electron chi connectivity index (χ4n) is 5.13. The number of nitrogens with zero attached hydrogens (tertiary/aromatic N) is 1. The molecule has 0 atom stereocenters. The van der Waals surface area contributed by atoms with Crippen LogP contribution in [0.15, 0.2) is 42.6 Å². The summed E-state index contributed by atoms with van der Waals surface area (Å²) in [5, 5.41) is 0. The number of aryl methyl sites for hydroxylation is 1. The molecular weight excluding hydrogens is 470 g/mol. The number of unbranched alkanes of at least 4 members (excludes halogenated alkanes) is 11. The van der Waals surface area contributed by atoms with Crippen LogP contribution < -0.4 is 4.74 Å². The highest BCUT2D eigenvalue weighted by molar-refractivity contribution is 5.60. The normalized spacial score (nSPS) is 17.5. The molecule has 2 aromatic rings. The van der Waals surface area contributed by atoms with Crippen LogP contribution in [0.25, 0.3) is 11.3 Å². The fraction of sp³-hybridized carbons (Fsp3) is 0.676. The second kappa shape index (κ2) is 19.2. The van der Waals surface area contributed by atoms with E-state index in [0.717, 1.165) is 56.1 Å². The van der Waals surface area contributed by atoms with E-state index in [2.05, 4.69) is 50.2 Å². The maximum atomic E-state index is 6.03. The standard InChI is InChI=1S/C34H53NO3/c1-3-5-7-9-11-12-14-16-30-27-37-34(38-28-30)24-18-29-17-23-33(35-26-29)31-19-21-32(22-20-31)36-25-15-13-10-8-6-4-2/h17,19-23,26,30,34H,3-16,18,24-25,27-28H2,1-2H3. The lowest BCUT2D eigenvalue weighted by atomic mass is 10.0. The summed E-state index contributed by atoms with van der Waals surface area (Å²) in [6.45, 7) is 7.02. The second-order valence-corrected chi connectivity index (χ2v) is 11.1. The van der Waals surface area contributed by atoms with Crippen LogP contribution in [-0.4, -0.2) is 31.1 Å². The van der Waals surface area contributed by atoms with Crippen LogP contribution in [0, 0.1) is 5.92 Å². The molecule has 0 unspecified atom stereocenters. The number of aromatic nitrogens is 1. The van der Waals surface area contributed by atoms with E-state index in [1.807, 2.05) is 6.20 Å². The van der Waals surface area contributed by atoms with E-state index in [0.29, 0.717) is 5.92 Å². The van der Waals surface area contributed by atoms with Gasteiger partial charge in [0.25, 0.3) is 0 Å². The summed E-state index contributed by atoms with van der Waals surface area (Å²) in [5.41, 5.74) is 3.34. The average molecular weight is 524 g/mol. The van der Waals surface area contributed by atoms with Crippen molar-refractivity contribution in [2.24, 2.45) is 5.92 Å². The Labute approximate surface area is 232 Å². The van der Waals surface area contributed by atoms with E-state index >= 15 is 0 Å². The van der Waals surface area contributed by atoms with Crippen LogP contribution in [0.5, 0.6) is 5.75 Å². The molecule has 1 aliphatic rings. The molecule has 1 aromatic heterocycles. The van der Waals surface area contributed by atoms with Crippen molar-refractivity contribution in [1.29, 1.82) is 0 Å². The maximum Gasteiger partial charge on any atom is 0.157 e. The SMILES string of the molecule is CCCCCCCCCC1COC(CCc2ccc(-c3ccc(OCCCCCCCC)cc3)nc2)OC1. The summed E-state index contributed by atoms with van der Waals surface area (Å²) < 4.78 is 18.0. The molecule has 1 aromatic carbocycles. The summed E-state index contributed by atoms with van der Waals surface area (Å²) in [7, 11) is 0. The number of rotatable bonds is 20. The van der Waals surface area contributed by atoms with Gasteiger partial charge < -0.3 is 14.2 Å². The Kier molecular flexibility index (Phi) is 15.5. The number of benzene rings is 1. The molecule has 0 spiro atoms. The van der Waals surface area contributed by atoms with Gasteiger partial charge in [0, 0.05) is 24.1 Å². The Morgan fingerprint density at radius 2 is 1.34 bits per heavy atom. The van der Waals surface area contributed by atoms with Gasteiger partial charge in [-0.3, -0.25) is 4.98 Å². The first kappa shape index (κ1) is 30.6. The second-order valence-electron chi connectivity index (χ2n) is 11.1. The number of pyridine rings is 1. The number of hydrogen-bond acceptors (Lipinski definition) is 4. The van der Waals surface area contributed by atoms with E-state index in [4.69, 9.17) is 19.2 Å². The third-order valence-electron chi connectivity index (χ3n) is 7.66. The van der Waals surface area contributed by atoms with Crippen molar-refractivity contribution >= 4 is 0 Å². The third-order valence-corrected chi connectivity index (χ3v) is 7.66. The lowest BCUT2D eigenvalue weighted by Crippen LogP contribution is -2.32. The quantitative estimate of drug-likeness (QED) is 0.162. The lowest BCUT2D eigenvalue weighted by molar-refractivity contribution is -0.203. The Bertz CT molecular complexity index is 828. The van der Waals surface area contributed by atoms with E-state index < -0.39 is 0 Å². The van der Waals surface area contributed by atoms with Crippen LogP contribution in [0.1, 0.15) is 116 Å². The van der Waals surface area contributed by atoms with E-state index in [1.54, 1.807) is 0 Å². The Balaban J connectivity index is 1.27. The molecule has 38 heavy (non-hydrogen) atoms. The molecule has 4 heteroatoms. The zero-order chi connectivity index (χ0) is 26.7. The summed E-state index contributed by atoms with van der Waals surface area (Å²) in [5.74, 6) is 1.51. The molecule has 0 N–H and O–H groups in total. The average Bonchev–Trinajstić information content (AvgIpc) is 2.96. The van der Waals surface area contributed by atoms with Crippen molar-refractivity contribution in [3.63, 3.8) is 0 Å². The van der Waals surface area contributed by atoms with Crippen molar-refractivity contribution in [1.82, 2.24) is 4.98 Å².